The highest BCUT2D eigenvalue weighted by Crippen LogP contribution is 2.27. The lowest BCUT2D eigenvalue weighted by Crippen LogP contribution is -2.24. The minimum absolute atomic E-state index is 0.0852. The quantitative estimate of drug-likeness (QED) is 0.828. The molecule has 2 atom stereocenters. The van der Waals surface area contributed by atoms with E-state index in [0.29, 0.717) is 0 Å². The molecular formula is C11H13ClN2S. The minimum Gasteiger partial charge on any atom is -0.365 e. The zero-order valence-corrected chi connectivity index (χ0v) is 10.3. The van der Waals surface area contributed by atoms with E-state index in [1.54, 1.807) is 11.3 Å². The average Bonchev–Trinajstić information content (AvgIpc) is 2.66. The Balaban J connectivity index is 2.31. The molecule has 0 aliphatic carbocycles. The van der Waals surface area contributed by atoms with Crippen molar-refractivity contribution in [1.29, 1.82) is 0 Å². The van der Waals surface area contributed by atoms with Crippen LogP contribution in [-0.4, -0.2) is 16.4 Å². The number of aromatic nitrogens is 1. The molecule has 0 aliphatic rings. The summed E-state index contributed by atoms with van der Waals surface area (Å²) in [7, 11) is 0. The number of fused-ring (bicyclic) bond motifs is 1. The van der Waals surface area contributed by atoms with E-state index >= 15 is 0 Å². The smallest absolute Gasteiger partial charge is 0.144 e. The predicted molar refractivity (Wildman–Crippen MR) is 68.0 cm³/mol. The summed E-state index contributed by atoms with van der Waals surface area (Å²) in [4.78, 5) is 4.34. The van der Waals surface area contributed by atoms with Gasteiger partial charge < -0.3 is 5.32 Å². The monoisotopic (exact) mass is 240 g/mol. The molecule has 0 saturated carbocycles. The molecule has 0 radical (unpaired) electrons. The standard InChI is InChI=1S/C11H13ClN2S/c1-7(12)8(2)14-11-10-9(3-5-13-11)4-6-15-10/h3-8H,1-2H3,(H,13,14). The van der Waals surface area contributed by atoms with Gasteiger partial charge >= 0.3 is 0 Å². The van der Waals surface area contributed by atoms with Gasteiger partial charge in [-0.25, -0.2) is 4.98 Å². The van der Waals surface area contributed by atoms with Crippen molar-refractivity contribution in [2.75, 3.05) is 5.32 Å². The molecule has 0 aromatic carbocycles. The summed E-state index contributed by atoms with van der Waals surface area (Å²) >= 11 is 7.72. The van der Waals surface area contributed by atoms with E-state index in [-0.39, 0.29) is 11.4 Å². The first-order chi connectivity index (χ1) is 7.18. The van der Waals surface area contributed by atoms with E-state index in [9.17, 15) is 0 Å². The largest absolute Gasteiger partial charge is 0.365 e. The molecule has 2 rings (SSSR count). The average molecular weight is 241 g/mol. The Morgan fingerprint density at radius 2 is 2.20 bits per heavy atom. The second-order valence-corrected chi connectivity index (χ2v) is 5.21. The Labute approximate surface area is 98.3 Å². The molecule has 2 aromatic heterocycles. The summed E-state index contributed by atoms with van der Waals surface area (Å²) in [6.07, 6.45) is 1.82. The topological polar surface area (TPSA) is 24.9 Å². The van der Waals surface area contributed by atoms with Gasteiger partial charge in [0.25, 0.3) is 0 Å². The number of thiophene rings is 1. The van der Waals surface area contributed by atoms with E-state index in [2.05, 4.69) is 28.7 Å². The van der Waals surface area contributed by atoms with Crippen LogP contribution in [0.5, 0.6) is 0 Å². The van der Waals surface area contributed by atoms with Crippen LogP contribution in [0.4, 0.5) is 5.82 Å². The number of halogens is 1. The molecule has 0 spiro atoms. The van der Waals surface area contributed by atoms with Crippen LogP contribution < -0.4 is 5.32 Å². The van der Waals surface area contributed by atoms with Gasteiger partial charge in [0.1, 0.15) is 5.82 Å². The van der Waals surface area contributed by atoms with Crippen molar-refractivity contribution in [2.24, 2.45) is 0 Å². The van der Waals surface area contributed by atoms with Crippen LogP contribution in [-0.2, 0) is 0 Å². The van der Waals surface area contributed by atoms with Gasteiger partial charge in [-0.15, -0.1) is 22.9 Å². The number of rotatable bonds is 3. The lowest BCUT2D eigenvalue weighted by Gasteiger charge is -2.16. The normalized spacial score (nSPS) is 15.1. The van der Waals surface area contributed by atoms with Gasteiger partial charge in [-0.1, -0.05) is 0 Å². The van der Waals surface area contributed by atoms with Crippen molar-refractivity contribution in [3.8, 4) is 0 Å². The molecule has 0 fully saturated rings. The lowest BCUT2D eigenvalue weighted by atomic mass is 10.2. The van der Waals surface area contributed by atoms with Gasteiger partial charge in [-0.3, -0.25) is 0 Å². The van der Waals surface area contributed by atoms with Crippen LogP contribution in [0.1, 0.15) is 13.8 Å². The SMILES string of the molecule is CC(Cl)C(C)Nc1nccc2ccsc12. The first kappa shape index (κ1) is 10.7. The maximum Gasteiger partial charge on any atom is 0.144 e. The van der Waals surface area contributed by atoms with Gasteiger partial charge in [0.15, 0.2) is 0 Å². The third-order valence-corrected chi connectivity index (χ3v) is 3.74. The Kier molecular flexibility index (Phi) is 3.12. The minimum atomic E-state index is 0.0852. The molecule has 80 valence electrons. The van der Waals surface area contributed by atoms with E-state index in [4.69, 9.17) is 11.6 Å². The van der Waals surface area contributed by atoms with Gasteiger partial charge in [0.05, 0.1) is 10.1 Å². The Hall–Kier alpha value is -0.800. The summed E-state index contributed by atoms with van der Waals surface area (Å²) in [5.41, 5.74) is 0. The zero-order chi connectivity index (χ0) is 10.8. The van der Waals surface area contributed by atoms with Crippen LogP contribution in [0.3, 0.4) is 0 Å². The van der Waals surface area contributed by atoms with Crippen molar-refractivity contribution >= 4 is 38.8 Å². The molecule has 0 saturated heterocycles. The number of alkyl halides is 1. The first-order valence-corrected chi connectivity index (χ1v) is 6.23. The van der Waals surface area contributed by atoms with Crippen molar-refractivity contribution < 1.29 is 0 Å². The second-order valence-electron chi connectivity index (χ2n) is 3.61. The molecule has 4 heteroatoms. The number of pyridine rings is 1. The molecule has 0 amide bonds. The first-order valence-electron chi connectivity index (χ1n) is 4.91. The summed E-state index contributed by atoms with van der Waals surface area (Å²) in [6, 6.07) is 4.33. The maximum absolute atomic E-state index is 6.02. The van der Waals surface area contributed by atoms with Crippen LogP contribution in [0.25, 0.3) is 10.1 Å². The fourth-order valence-electron chi connectivity index (χ4n) is 1.33. The van der Waals surface area contributed by atoms with E-state index in [1.807, 2.05) is 19.2 Å². The van der Waals surface area contributed by atoms with Gasteiger partial charge in [-0.2, -0.15) is 0 Å². The van der Waals surface area contributed by atoms with Crippen LogP contribution in [0.15, 0.2) is 23.7 Å². The number of hydrogen-bond acceptors (Lipinski definition) is 3. The highest BCUT2D eigenvalue weighted by atomic mass is 35.5. The van der Waals surface area contributed by atoms with Crippen molar-refractivity contribution in [1.82, 2.24) is 4.98 Å². The summed E-state index contributed by atoms with van der Waals surface area (Å²) in [5, 5.41) is 6.73. The zero-order valence-electron chi connectivity index (χ0n) is 8.70. The second kappa shape index (κ2) is 4.37. The summed E-state index contributed by atoms with van der Waals surface area (Å²) in [6.45, 7) is 4.04. The fourth-order valence-corrected chi connectivity index (χ4v) is 2.24. The molecular weight excluding hydrogens is 228 g/mol. The molecule has 2 aromatic rings. The summed E-state index contributed by atoms with van der Waals surface area (Å²) in [5.74, 6) is 0.933. The van der Waals surface area contributed by atoms with Crippen molar-refractivity contribution in [2.45, 2.75) is 25.3 Å². The molecule has 1 N–H and O–H groups in total. The molecule has 15 heavy (non-hydrogen) atoms. The Morgan fingerprint density at radius 1 is 1.40 bits per heavy atom. The van der Waals surface area contributed by atoms with Gasteiger partial charge in [0, 0.05) is 12.2 Å². The fraction of sp³-hybridized carbons (Fsp3) is 0.364. The summed E-state index contributed by atoms with van der Waals surface area (Å²) < 4.78 is 1.20. The third-order valence-electron chi connectivity index (χ3n) is 2.42. The van der Waals surface area contributed by atoms with Gasteiger partial charge in [0.2, 0.25) is 0 Å². The molecule has 2 unspecified atom stereocenters. The van der Waals surface area contributed by atoms with Gasteiger partial charge in [-0.05, 0) is 36.7 Å². The predicted octanol–water partition coefficient (Wildman–Crippen LogP) is 3.72. The van der Waals surface area contributed by atoms with E-state index in [0.717, 1.165) is 5.82 Å². The molecule has 0 bridgehead atoms. The highest BCUT2D eigenvalue weighted by molar-refractivity contribution is 7.17. The van der Waals surface area contributed by atoms with E-state index < -0.39 is 0 Å². The number of anilines is 1. The Morgan fingerprint density at radius 3 is 2.93 bits per heavy atom. The van der Waals surface area contributed by atoms with Crippen molar-refractivity contribution in [3.05, 3.63) is 23.7 Å². The Bertz CT molecular complexity index is 453. The number of nitrogens with zero attached hydrogens (tertiary/aromatic N) is 1. The van der Waals surface area contributed by atoms with E-state index in [1.165, 1.54) is 10.1 Å². The molecule has 0 aliphatic heterocycles. The number of nitrogens with one attached hydrogen (secondary N) is 1. The molecule has 2 nitrogen and oxygen atoms in total. The van der Waals surface area contributed by atoms with Crippen molar-refractivity contribution in [3.63, 3.8) is 0 Å². The number of hydrogen-bond donors (Lipinski definition) is 1. The third kappa shape index (κ3) is 2.24. The maximum atomic E-state index is 6.02. The highest BCUT2D eigenvalue weighted by Gasteiger charge is 2.11. The molecule has 2 heterocycles. The van der Waals surface area contributed by atoms with Crippen LogP contribution in [0.2, 0.25) is 0 Å². The lowest BCUT2D eigenvalue weighted by molar-refractivity contribution is 0.769. The van der Waals surface area contributed by atoms with Crippen LogP contribution in [0, 0.1) is 0 Å². The van der Waals surface area contributed by atoms with Crippen LogP contribution >= 0.6 is 22.9 Å².